The van der Waals surface area contributed by atoms with Gasteiger partial charge in [-0.2, -0.15) is 9.67 Å². The molecule has 2 aromatic rings. The summed E-state index contributed by atoms with van der Waals surface area (Å²) in [4.78, 5) is 8.56. The van der Waals surface area contributed by atoms with Gasteiger partial charge in [0.2, 0.25) is 10.7 Å². The van der Waals surface area contributed by atoms with Gasteiger partial charge in [0, 0.05) is 5.69 Å². The van der Waals surface area contributed by atoms with Crippen molar-refractivity contribution < 1.29 is 0 Å². The summed E-state index contributed by atoms with van der Waals surface area (Å²) in [6.07, 6.45) is 3.36. The van der Waals surface area contributed by atoms with Crippen molar-refractivity contribution in [3.8, 4) is 5.82 Å². The largest absolute Gasteiger partial charge is 0.366 e. The average Bonchev–Trinajstić information content (AvgIpc) is 2.83. The lowest BCUT2D eigenvalue weighted by Crippen LogP contribution is -2.03. The minimum absolute atomic E-state index is 0.245. The SMILES string of the molecule is Nc1nc(Br)n(-c2ccc3c(n2)CCC3)n1. The molecular formula is C10H10BrN5. The molecule has 2 aromatic heterocycles. The van der Waals surface area contributed by atoms with Gasteiger partial charge in [-0.3, -0.25) is 0 Å². The van der Waals surface area contributed by atoms with Gasteiger partial charge < -0.3 is 5.73 Å². The molecule has 0 fully saturated rings. The molecule has 0 spiro atoms. The van der Waals surface area contributed by atoms with E-state index >= 15 is 0 Å². The topological polar surface area (TPSA) is 69.6 Å². The summed E-state index contributed by atoms with van der Waals surface area (Å²) in [7, 11) is 0. The van der Waals surface area contributed by atoms with Gasteiger partial charge in [0.05, 0.1) is 0 Å². The minimum Gasteiger partial charge on any atom is -0.366 e. The highest BCUT2D eigenvalue weighted by Crippen LogP contribution is 2.22. The molecule has 1 aliphatic rings. The summed E-state index contributed by atoms with van der Waals surface area (Å²) in [5, 5.41) is 4.08. The number of anilines is 1. The van der Waals surface area contributed by atoms with Crippen molar-refractivity contribution in [2.75, 3.05) is 5.73 Å². The Morgan fingerprint density at radius 1 is 1.25 bits per heavy atom. The van der Waals surface area contributed by atoms with Gasteiger partial charge in [-0.15, -0.1) is 5.10 Å². The smallest absolute Gasteiger partial charge is 0.240 e. The van der Waals surface area contributed by atoms with E-state index in [-0.39, 0.29) is 5.95 Å². The lowest BCUT2D eigenvalue weighted by molar-refractivity contribution is 0.815. The number of aryl methyl sites for hydroxylation is 2. The maximum absolute atomic E-state index is 5.53. The van der Waals surface area contributed by atoms with Crippen molar-refractivity contribution in [2.24, 2.45) is 0 Å². The highest BCUT2D eigenvalue weighted by Gasteiger charge is 2.15. The molecule has 5 nitrogen and oxygen atoms in total. The number of halogens is 1. The number of nitrogens with zero attached hydrogens (tertiary/aromatic N) is 4. The van der Waals surface area contributed by atoms with Gasteiger partial charge in [0.1, 0.15) is 0 Å². The number of pyridine rings is 1. The first-order valence-corrected chi connectivity index (χ1v) is 5.90. The van der Waals surface area contributed by atoms with Crippen molar-refractivity contribution in [2.45, 2.75) is 19.3 Å². The minimum atomic E-state index is 0.245. The second-order valence-corrected chi connectivity index (χ2v) is 4.49. The van der Waals surface area contributed by atoms with Crippen LogP contribution in [-0.2, 0) is 12.8 Å². The molecule has 0 saturated heterocycles. The summed E-state index contributed by atoms with van der Waals surface area (Å²) in [5.41, 5.74) is 8.03. The van der Waals surface area contributed by atoms with E-state index < -0.39 is 0 Å². The number of nitrogen functional groups attached to an aromatic ring is 1. The van der Waals surface area contributed by atoms with Gasteiger partial charge >= 0.3 is 0 Å². The van der Waals surface area contributed by atoms with E-state index in [1.807, 2.05) is 6.07 Å². The van der Waals surface area contributed by atoms with Crippen LogP contribution in [0, 0.1) is 0 Å². The van der Waals surface area contributed by atoms with Crippen LogP contribution >= 0.6 is 15.9 Å². The zero-order valence-corrected chi connectivity index (χ0v) is 10.1. The predicted molar refractivity (Wildman–Crippen MR) is 63.3 cm³/mol. The van der Waals surface area contributed by atoms with E-state index in [0.29, 0.717) is 4.73 Å². The van der Waals surface area contributed by atoms with Crippen molar-refractivity contribution in [1.29, 1.82) is 0 Å². The fourth-order valence-electron chi connectivity index (χ4n) is 1.98. The number of fused-ring (bicyclic) bond motifs is 1. The van der Waals surface area contributed by atoms with Gasteiger partial charge in [-0.1, -0.05) is 6.07 Å². The van der Waals surface area contributed by atoms with Crippen LogP contribution in [-0.4, -0.2) is 19.7 Å². The summed E-state index contributed by atoms with van der Waals surface area (Å²) in [6, 6.07) is 4.05. The van der Waals surface area contributed by atoms with Crippen LogP contribution in [0.1, 0.15) is 17.7 Å². The van der Waals surface area contributed by atoms with Crippen LogP contribution in [0.5, 0.6) is 0 Å². The molecule has 0 radical (unpaired) electrons. The number of nitrogens with two attached hydrogens (primary N) is 1. The van der Waals surface area contributed by atoms with Crippen molar-refractivity contribution in [1.82, 2.24) is 19.7 Å². The van der Waals surface area contributed by atoms with Crippen molar-refractivity contribution in [3.63, 3.8) is 0 Å². The van der Waals surface area contributed by atoms with Crippen molar-refractivity contribution in [3.05, 3.63) is 28.1 Å². The maximum Gasteiger partial charge on any atom is 0.240 e. The van der Waals surface area contributed by atoms with E-state index in [0.717, 1.165) is 18.7 Å². The molecule has 3 rings (SSSR count). The molecule has 2 N–H and O–H groups in total. The Morgan fingerprint density at radius 3 is 2.88 bits per heavy atom. The van der Waals surface area contributed by atoms with Gasteiger partial charge in [-0.25, -0.2) is 4.98 Å². The molecule has 16 heavy (non-hydrogen) atoms. The zero-order valence-electron chi connectivity index (χ0n) is 8.52. The first kappa shape index (κ1) is 9.77. The normalized spacial score (nSPS) is 14.1. The molecule has 0 aliphatic heterocycles. The summed E-state index contributed by atoms with van der Waals surface area (Å²) < 4.78 is 2.18. The van der Waals surface area contributed by atoms with Crippen LogP contribution in [0.4, 0.5) is 5.95 Å². The van der Waals surface area contributed by atoms with E-state index in [2.05, 4.69) is 37.1 Å². The Kier molecular flexibility index (Phi) is 2.17. The second kappa shape index (κ2) is 3.55. The van der Waals surface area contributed by atoms with Crippen LogP contribution in [0.2, 0.25) is 0 Å². The molecule has 0 aromatic carbocycles. The summed E-state index contributed by atoms with van der Waals surface area (Å²) in [6.45, 7) is 0. The van der Waals surface area contributed by atoms with Crippen LogP contribution in [0.25, 0.3) is 5.82 Å². The molecule has 2 heterocycles. The third kappa shape index (κ3) is 1.49. The fourth-order valence-corrected chi connectivity index (χ4v) is 2.42. The average molecular weight is 280 g/mol. The summed E-state index contributed by atoms with van der Waals surface area (Å²) >= 11 is 3.30. The maximum atomic E-state index is 5.53. The van der Waals surface area contributed by atoms with Gasteiger partial charge in [0.25, 0.3) is 0 Å². The third-order valence-corrected chi connectivity index (χ3v) is 3.23. The number of aromatic nitrogens is 4. The van der Waals surface area contributed by atoms with Crippen LogP contribution < -0.4 is 5.73 Å². The lowest BCUT2D eigenvalue weighted by atomic mass is 10.2. The van der Waals surface area contributed by atoms with Gasteiger partial charge in [-0.05, 0) is 46.8 Å². The molecule has 0 atom stereocenters. The second-order valence-electron chi connectivity index (χ2n) is 3.78. The highest BCUT2D eigenvalue weighted by atomic mass is 79.9. The van der Waals surface area contributed by atoms with Crippen LogP contribution in [0.3, 0.4) is 0 Å². The Balaban J connectivity index is 2.10. The fraction of sp³-hybridized carbons (Fsp3) is 0.300. The molecule has 82 valence electrons. The van der Waals surface area contributed by atoms with E-state index in [4.69, 9.17) is 5.73 Å². The number of rotatable bonds is 1. The van der Waals surface area contributed by atoms with Gasteiger partial charge in [0.15, 0.2) is 5.82 Å². The molecular weight excluding hydrogens is 270 g/mol. The van der Waals surface area contributed by atoms with E-state index in [9.17, 15) is 0 Å². The standard InChI is InChI=1S/C10H10BrN5/c11-9-14-10(12)15-16(9)8-5-4-6-2-1-3-7(6)13-8/h4-5H,1-3H2,(H2,12,15). The van der Waals surface area contributed by atoms with Crippen molar-refractivity contribution >= 4 is 21.9 Å². The molecule has 0 unspecified atom stereocenters. The Hall–Kier alpha value is -1.43. The van der Waals surface area contributed by atoms with E-state index in [1.165, 1.54) is 17.7 Å². The summed E-state index contributed by atoms with van der Waals surface area (Å²) in [5.74, 6) is 1.01. The Morgan fingerprint density at radius 2 is 2.12 bits per heavy atom. The Bertz CT molecular complexity index is 548. The first-order chi connectivity index (χ1) is 7.74. The molecule has 0 saturated carbocycles. The van der Waals surface area contributed by atoms with Crippen LogP contribution in [0.15, 0.2) is 16.9 Å². The zero-order chi connectivity index (χ0) is 11.1. The lowest BCUT2D eigenvalue weighted by Gasteiger charge is -2.03. The third-order valence-electron chi connectivity index (χ3n) is 2.71. The predicted octanol–water partition coefficient (Wildman–Crippen LogP) is 1.50. The quantitative estimate of drug-likeness (QED) is 0.859. The molecule has 6 heteroatoms. The van der Waals surface area contributed by atoms with E-state index in [1.54, 1.807) is 4.68 Å². The number of hydrogen-bond acceptors (Lipinski definition) is 4. The first-order valence-electron chi connectivity index (χ1n) is 5.11. The Labute approximate surface area is 101 Å². The highest BCUT2D eigenvalue weighted by molar-refractivity contribution is 9.10. The molecule has 0 amide bonds. The molecule has 1 aliphatic carbocycles. The number of hydrogen-bond donors (Lipinski definition) is 1. The molecule has 0 bridgehead atoms. The monoisotopic (exact) mass is 279 g/mol.